The van der Waals surface area contributed by atoms with Crippen LogP contribution in [0.4, 0.5) is 11.4 Å². The summed E-state index contributed by atoms with van der Waals surface area (Å²) in [5.74, 6) is 0.0587. The predicted octanol–water partition coefficient (Wildman–Crippen LogP) is 7.52. The van der Waals surface area contributed by atoms with Gasteiger partial charge in [-0.25, -0.2) is 0 Å². The van der Waals surface area contributed by atoms with Crippen LogP contribution in [0.2, 0.25) is 0 Å². The third-order valence-electron chi connectivity index (χ3n) is 9.47. The van der Waals surface area contributed by atoms with Gasteiger partial charge in [-0.2, -0.15) is 4.58 Å². The summed E-state index contributed by atoms with van der Waals surface area (Å²) in [5.41, 5.74) is 15.9. The Kier molecular flexibility index (Phi) is 14.9. The fraction of sp³-hybridized carbons (Fsp3) is 0.500. The van der Waals surface area contributed by atoms with Gasteiger partial charge in [-0.15, -0.1) is 0 Å². The second-order valence-corrected chi connectivity index (χ2v) is 13.6. The zero-order valence-electron chi connectivity index (χ0n) is 30.6. The molecular weight excluding hydrogens is 628 g/mol. The van der Waals surface area contributed by atoms with Gasteiger partial charge in [0, 0.05) is 65.5 Å². The fourth-order valence-electron chi connectivity index (χ4n) is 6.82. The van der Waals surface area contributed by atoms with Gasteiger partial charge in [-0.1, -0.05) is 80.0 Å². The van der Waals surface area contributed by atoms with Crippen molar-refractivity contribution in [1.29, 1.82) is 0 Å². The SMILES string of the molecule is C[N+]1=C(\C=C/C=C/C=C2/N(CCCCCC(=O)NCCOCCOCCOCCN=[N+]=[N-])c3ccccc3C2(C)C)C(C)(C)c2ccccc21. The number of nitrogens with zero attached hydrogens (tertiary/aromatic N) is 5. The van der Waals surface area contributed by atoms with Gasteiger partial charge >= 0.3 is 0 Å². The molecule has 2 aliphatic rings. The standard InChI is InChI=1S/C40H54N6O4/c1-39(2)32-16-11-13-18-34(32)45(5)36(39)20-8-6-9-21-37-40(3,4)33-17-12-14-19-35(33)46(37)25-15-7-10-22-38(47)42-23-26-48-28-30-50-31-29-49-27-24-43-44-41/h6,8-9,11-14,16-21H,7,10,15,22-31H2,1-5H3/p+1. The van der Waals surface area contributed by atoms with E-state index in [9.17, 15) is 4.79 Å². The predicted molar refractivity (Wildman–Crippen MR) is 201 cm³/mol. The number of azide groups is 1. The number of allylic oxidation sites excluding steroid dienone is 6. The number of hydrogen-bond acceptors (Lipinski definition) is 6. The number of anilines is 1. The van der Waals surface area contributed by atoms with Crippen molar-refractivity contribution >= 4 is 23.0 Å². The van der Waals surface area contributed by atoms with E-state index >= 15 is 0 Å². The highest BCUT2D eigenvalue weighted by Crippen LogP contribution is 2.47. The molecule has 2 aromatic carbocycles. The van der Waals surface area contributed by atoms with Crippen LogP contribution >= 0.6 is 0 Å². The molecule has 0 atom stereocenters. The molecule has 0 aromatic heterocycles. The van der Waals surface area contributed by atoms with Crippen molar-refractivity contribution < 1.29 is 23.6 Å². The van der Waals surface area contributed by atoms with E-state index in [0.29, 0.717) is 59.2 Å². The molecule has 10 heteroatoms. The zero-order chi connectivity index (χ0) is 35.8. The number of ether oxygens (including phenoxy) is 3. The van der Waals surface area contributed by atoms with Crippen LogP contribution in [0.5, 0.6) is 0 Å². The molecule has 1 N–H and O–H groups in total. The number of benzene rings is 2. The second kappa shape index (κ2) is 19.3. The van der Waals surface area contributed by atoms with Crippen LogP contribution in [-0.2, 0) is 29.8 Å². The zero-order valence-corrected chi connectivity index (χ0v) is 30.6. The summed E-state index contributed by atoms with van der Waals surface area (Å²) < 4.78 is 18.5. The maximum atomic E-state index is 12.4. The number of amides is 1. The van der Waals surface area contributed by atoms with E-state index in [2.05, 4.69) is 138 Å². The highest BCUT2D eigenvalue weighted by molar-refractivity contribution is 6.03. The summed E-state index contributed by atoms with van der Waals surface area (Å²) in [5, 5.41) is 6.35. The van der Waals surface area contributed by atoms with Gasteiger partial charge in [-0.05, 0) is 49.9 Å². The number of carbonyl (C=O) groups excluding carboxylic acids is 1. The van der Waals surface area contributed by atoms with Gasteiger partial charge in [0.2, 0.25) is 11.6 Å². The summed E-state index contributed by atoms with van der Waals surface area (Å²) in [6.45, 7) is 13.6. The van der Waals surface area contributed by atoms with Crippen molar-refractivity contribution in [1.82, 2.24) is 5.32 Å². The Morgan fingerprint density at radius 3 is 2.28 bits per heavy atom. The minimum absolute atomic E-state index is 0.0420. The van der Waals surface area contributed by atoms with Crippen molar-refractivity contribution in [3.05, 3.63) is 106 Å². The minimum Gasteiger partial charge on any atom is -0.379 e. The first-order valence-electron chi connectivity index (χ1n) is 17.8. The van der Waals surface area contributed by atoms with E-state index in [4.69, 9.17) is 19.7 Å². The van der Waals surface area contributed by atoms with Crippen LogP contribution in [0.1, 0.15) is 64.5 Å². The first-order valence-corrected chi connectivity index (χ1v) is 17.8. The topological polar surface area (TPSA) is 112 Å². The Morgan fingerprint density at radius 2 is 1.54 bits per heavy atom. The van der Waals surface area contributed by atoms with Crippen molar-refractivity contribution in [3.8, 4) is 0 Å². The molecule has 268 valence electrons. The molecule has 0 bridgehead atoms. The third kappa shape index (κ3) is 10.2. The number of para-hydroxylation sites is 2. The van der Waals surface area contributed by atoms with Crippen LogP contribution in [-0.4, -0.2) is 82.5 Å². The summed E-state index contributed by atoms with van der Waals surface area (Å²) >= 11 is 0. The van der Waals surface area contributed by atoms with Gasteiger partial charge in [0.1, 0.15) is 7.05 Å². The quantitative estimate of drug-likeness (QED) is 0.0365. The van der Waals surface area contributed by atoms with Crippen molar-refractivity contribution in [2.75, 3.05) is 71.2 Å². The molecule has 0 unspecified atom stereocenters. The van der Waals surface area contributed by atoms with E-state index < -0.39 is 0 Å². The smallest absolute Gasteiger partial charge is 0.220 e. The molecule has 2 aromatic rings. The van der Waals surface area contributed by atoms with E-state index in [1.807, 2.05) is 0 Å². The molecular formula is C40H55N6O4+. The largest absolute Gasteiger partial charge is 0.379 e. The molecule has 0 spiro atoms. The second-order valence-electron chi connectivity index (χ2n) is 13.6. The molecule has 0 saturated heterocycles. The monoisotopic (exact) mass is 683 g/mol. The Morgan fingerprint density at radius 1 is 0.860 bits per heavy atom. The summed E-state index contributed by atoms with van der Waals surface area (Å²) in [7, 11) is 2.15. The highest BCUT2D eigenvalue weighted by Gasteiger charge is 2.42. The van der Waals surface area contributed by atoms with Crippen LogP contribution < -0.4 is 10.2 Å². The number of fused-ring (bicyclic) bond motifs is 2. The van der Waals surface area contributed by atoms with Crippen LogP contribution in [0.15, 0.2) is 89.7 Å². The number of rotatable bonds is 21. The number of hydrogen-bond donors (Lipinski definition) is 1. The van der Waals surface area contributed by atoms with Crippen molar-refractivity contribution in [2.45, 2.75) is 64.2 Å². The maximum Gasteiger partial charge on any atom is 0.220 e. The van der Waals surface area contributed by atoms with E-state index in [-0.39, 0.29) is 16.7 Å². The molecule has 0 fully saturated rings. The lowest BCUT2D eigenvalue weighted by atomic mass is 9.81. The van der Waals surface area contributed by atoms with Gasteiger partial charge in [0.15, 0.2) is 5.71 Å². The van der Waals surface area contributed by atoms with Crippen LogP contribution in [0, 0.1) is 0 Å². The number of unbranched alkanes of at least 4 members (excludes halogenated alkanes) is 2. The molecule has 0 aliphatic carbocycles. The summed E-state index contributed by atoms with van der Waals surface area (Å²) in [6, 6.07) is 17.4. The Bertz CT molecular complexity index is 1600. The summed E-state index contributed by atoms with van der Waals surface area (Å²) in [6.07, 6.45) is 14.3. The number of nitrogens with one attached hydrogen (secondary N) is 1. The van der Waals surface area contributed by atoms with Crippen LogP contribution in [0.3, 0.4) is 0 Å². The average molecular weight is 684 g/mol. The van der Waals surface area contributed by atoms with E-state index in [1.165, 1.54) is 33.9 Å². The molecule has 10 nitrogen and oxygen atoms in total. The molecule has 0 radical (unpaired) electrons. The van der Waals surface area contributed by atoms with Crippen molar-refractivity contribution in [2.24, 2.45) is 5.11 Å². The molecule has 4 rings (SSSR count). The van der Waals surface area contributed by atoms with E-state index in [1.54, 1.807) is 0 Å². The Balaban J connectivity index is 1.18. The summed E-state index contributed by atoms with van der Waals surface area (Å²) in [4.78, 5) is 17.5. The molecule has 2 heterocycles. The van der Waals surface area contributed by atoms with Gasteiger partial charge in [0.25, 0.3) is 0 Å². The maximum absolute atomic E-state index is 12.4. The molecule has 50 heavy (non-hydrogen) atoms. The molecule has 0 saturated carbocycles. The third-order valence-corrected chi connectivity index (χ3v) is 9.47. The normalized spacial score (nSPS) is 16.7. The van der Waals surface area contributed by atoms with Gasteiger partial charge < -0.3 is 24.4 Å². The van der Waals surface area contributed by atoms with Crippen LogP contribution in [0.25, 0.3) is 10.4 Å². The minimum atomic E-state index is -0.105. The first kappa shape index (κ1) is 38.6. The Labute approximate surface area is 298 Å². The van der Waals surface area contributed by atoms with E-state index in [0.717, 1.165) is 25.8 Å². The van der Waals surface area contributed by atoms with Gasteiger partial charge in [-0.3, -0.25) is 4.79 Å². The lowest BCUT2D eigenvalue weighted by Gasteiger charge is -2.27. The highest BCUT2D eigenvalue weighted by atomic mass is 16.5. The lowest BCUT2D eigenvalue weighted by molar-refractivity contribution is -0.401. The first-order chi connectivity index (χ1) is 24.2. The average Bonchev–Trinajstić information content (AvgIpc) is 3.44. The lowest BCUT2D eigenvalue weighted by Crippen LogP contribution is -2.28. The van der Waals surface area contributed by atoms with Gasteiger partial charge in [0.05, 0.1) is 45.1 Å². The Hall–Kier alpha value is -4.21. The fourth-order valence-corrected chi connectivity index (χ4v) is 6.82. The van der Waals surface area contributed by atoms with Crippen molar-refractivity contribution in [3.63, 3.8) is 0 Å². The number of carbonyl (C=O) groups is 1. The molecule has 1 amide bonds. The molecule has 2 aliphatic heterocycles.